The first-order chi connectivity index (χ1) is 6.15. The summed E-state index contributed by atoms with van der Waals surface area (Å²) in [6.07, 6.45) is 0.145. The first-order valence-corrected chi connectivity index (χ1v) is 4.72. The third kappa shape index (κ3) is 3.46. The Morgan fingerprint density at radius 1 is 1.50 bits per heavy atom. The Labute approximate surface area is 95.5 Å². The summed E-state index contributed by atoms with van der Waals surface area (Å²) in [5, 5.41) is 10.2. The minimum absolute atomic E-state index is 0. The molecule has 1 aromatic carbocycles. The maximum Gasteiger partial charge on any atom is 0.0730 e. The average Bonchev–Trinajstić information content (AvgIpc) is 2.15. The molecule has 0 radical (unpaired) electrons. The fourth-order valence-electron chi connectivity index (χ4n) is 1.19. The van der Waals surface area contributed by atoms with E-state index in [0.717, 1.165) is 5.56 Å². The summed E-state index contributed by atoms with van der Waals surface area (Å²) in [6.45, 7) is 1.90. The third-order valence-electron chi connectivity index (χ3n) is 2.07. The number of hydrogen-bond acceptors (Lipinski definition) is 2. The standard InChI is InChI=1S/C10H14ClNO.ClH/c1-2-9(13)10(12)7-4-3-5-8(11)6-7;/h3-6,9-10,13H,2,12H2,1H3;1H/t9-,10+;/m1./s1. The Morgan fingerprint density at radius 2 is 2.14 bits per heavy atom. The lowest BCUT2D eigenvalue weighted by Gasteiger charge is -2.17. The van der Waals surface area contributed by atoms with Crippen molar-refractivity contribution in [2.45, 2.75) is 25.5 Å². The van der Waals surface area contributed by atoms with Gasteiger partial charge in [0.2, 0.25) is 0 Å². The molecular weight excluding hydrogens is 221 g/mol. The van der Waals surface area contributed by atoms with Gasteiger partial charge in [0, 0.05) is 5.02 Å². The van der Waals surface area contributed by atoms with Crippen LogP contribution in [-0.2, 0) is 0 Å². The molecule has 3 N–H and O–H groups in total. The largest absolute Gasteiger partial charge is 0.391 e. The number of halogens is 2. The molecule has 0 aliphatic heterocycles. The van der Waals surface area contributed by atoms with Crippen molar-refractivity contribution in [3.8, 4) is 0 Å². The summed E-state index contributed by atoms with van der Waals surface area (Å²) in [7, 11) is 0. The summed E-state index contributed by atoms with van der Waals surface area (Å²) >= 11 is 5.80. The maximum atomic E-state index is 9.50. The van der Waals surface area contributed by atoms with Crippen molar-refractivity contribution in [1.82, 2.24) is 0 Å². The van der Waals surface area contributed by atoms with Crippen molar-refractivity contribution in [3.63, 3.8) is 0 Å². The molecule has 0 saturated heterocycles. The van der Waals surface area contributed by atoms with Gasteiger partial charge < -0.3 is 10.8 Å². The predicted molar refractivity (Wildman–Crippen MR) is 61.9 cm³/mol. The van der Waals surface area contributed by atoms with Gasteiger partial charge in [0.25, 0.3) is 0 Å². The van der Waals surface area contributed by atoms with Gasteiger partial charge in [0.1, 0.15) is 0 Å². The number of nitrogens with two attached hydrogens (primary N) is 1. The van der Waals surface area contributed by atoms with E-state index in [2.05, 4.69) is 0 Å². The van der Waals surface area contributed by atoms with E-state index in [-0.39, 0.29) is 18.4 Å². The Hall–Kier alpha value is -0.280. The van der Waals surface area contributed by atoms with Gasteiger partial charge in [-0.2, -0.15) is 0 Å². The van der Waals surface area contributed by atoms with Crippen molar-refractivity contribution in [2.24, 2.45) is 5.73 Å². The Kier molecular flexibility index (Phi) is 6.12. The van der Waals surface area contributed by atoms with Crippen molar-refractivity contribution in [2.75, 3.05) is 0 Å². The van der Waals surface area contributed by atoms with Crippen LogP contribution < -0.4 is 5.73 Å². The lowest BCUT2D eigenvalue weighted by atomic mass is 10.0. The van der Waals surface area contributed by atoms with Crippen molar-refractivity contribution in [3.05, 3.63) is 34.9 Å². The van der Waals surface area contributed by atoms with Crippen LogP contribution in [0, 0.1) is 0 Å². The molecule has 0 heterocycles. The topological polar surface area (TPSA) is 46.2 Å². The van der Waals surface area contributed by atoms with E-state index in [1.165, 1.54) is 0 Å². The molecule has 0 saturated carbocycles. The van der Waals surface area contributed by atoms with Gasteiger partial charge >= 0.3 is 0 Å². The van der Waals surface area contributed by atoms with Crippen molar-refractivity contribution >= 4 is 24.0 Å². The lowest BCUT2D eigenvalue weighted by molar-refractivity contribution is 0.141. The molecule has 0 bridgehead atoms. The number of aliphatic hydroxyl groups is 1. The van der Waals surface area contributed by atoms with E-state index in [4.69, 9.17) is 17.3 Å². The molecule has 1 aromatic rings. The highest BCUT2D eigenvalue weighted by Gasteiger charge is 2.14. The molecule has 0 amide bonds. The zero-order valence-electron chi connectivity index (χ0n) is 7.98. The summed E-state index contributed by atoms with van der Waals surface area (Å²) in [4.78, 5) is 0. The minimum atomic E-state index is -0.501. The second-order valence-corrected chi connectivity index (χ2v) is 3.49. The number of benzene rings is 1. The number of aliphatic hydroxyl groups excluding tert-OH is 1. The van der Waals surface area contributed by atoms with Gasteiger partial charge in [-0.1, -0.05) is 30.7 Å². The molecule has 2 atom stereocenters. The van der Waals surface area contributed by atoms with E-state index in [1.807, 2.05) is 19.1 Å². The zero-order valence-corrected chi connectivity index (χ0v) is 9.55. The summed E-state index contributed by atoms with van der Waals surface area (Å²) < 4.78 is 0. The van der Waals surface area contributed by atoms with Crippen LogP contribution in [0.1, 0.15) is 24.9 Å². The Morgan fingerprint density at radius 3 is 2.64 bits per heavy atom. The van der Waals surface area contributed by atoms with E-state index >= 15 is 0 Å². The molecule has 14 heavy (non-hydrogen) atoms. The molecular formula is C10H15Cl2NO. The highest BCUT2D eigenvalue weighted by Crippen LogP contribution is 2.19. The highest BCUT2D eigenvalue weighted by molar-refractivity contribution is 6.30. The van der Waals surface area contributed by atoms with E-state index < -0.39 is 6.10 Å². The normalized spacial score (nSPS) is 14.3. The van der Waals surface area contributed by atoms with Crippen molar-refractivity contribution < 1.29 is 5.11 Å². The maximum absolute atomic E-state index is 9.50. The quantitative estimate of drug-likeness (QED) is 0.847. The second-order valence-electron chi connectivity index (χ2n) is 3.06. The van der Waals surface area contributed by atoms with Crippen LogP contribution in [0.5, 0.6) is 0 Å². The highest BCUT2D eigenvalue weighted by atomic mass is 35.5. The summed E-state index contributed by atoms with van der Waals surface area (Å²) in [5.74, 6) is 0. The third-order valence-corrected chi connectivity index (χ3v) is 2.30. The fourth-order valence-corrected chi connectivity index (χ4v) is 1.39. The monoisotopic (exact) mass is 235 g/mol. The first kappa shape index (κ1) is 13.7. The van der Waals surface area contributed by atoms with E-state index in [0.29, 0.717) is 11.4 Å². The van der Waals surface area contributed by atoms with Gasteiger partial charge in [-0.05, 0) is 24.1 Å². The molecule has 0 unspecified atom stereocenters. The number of hydrogen-bond donors (Lipinski definition) is 2. The van der Waals surface area contributed by atoms with Crippen LogP contribution in [0.25, 0.3) is 0 Å². The van der Waals surface area contributed by atoms with Gasteiger partial charge in [-0.15, -0.1) is 12.4 Å². The van der Waals surface area contributed by atoms with Crippen LogP contribution in [-0.4, -0.2) is 11.2 Å². The van der Waals surface area contributed by atoms with Gasteiger partial charge in [-0.3, -0.25) is 0 Å². The molecule has 80 valence electrons. The van der Waals surface area contributed by atoms with Crippen molar-refractivity contribution in [1.29, 1.82) is 0 Å². The first-order valence-electron chi connectivity index (χ1n) is 4.34. The molecule has 0 aliphatic carbocycles. The van der Waals surface area contributed by atoms with Crippen LogP contribution in [0.4, 0.5) is 0 Å². The fraction of sp³-hybridized carbons (Fsp3) is 0.400. The molecule has 1 rings (SSSR count). The summed E-state index contributed by atoms with van der Waals surface area (Å²) in [6, 6.07) is 6.93. The second kappa shape index (κ2) is 6.25. The van der Waals surface area contributed by atoms with E-state index in [1.54, 1.807) is 12.1 Å². The predicted octanol–water partition coefficient (Wildman–Crippen LogP) is 2.53. The molecule has 2 nitrogen and oxygen atoms in total. The summed E-state index contributed by atoms with van der Waals surface area (Å²) in [5.41, 5.74) is 6.69. The average molecular weight is 236 g/mol. The lowest BCUT2D eigenvalue weighted by Crippen LogP contribution is -2.25. The van der Waals surface area contributed by atoms with Crippen LogP contribution in [0.15, 0.2) is 24.3 Å². The van der Waals surface area contributed by atoms with Crippen LogP contribution in [0.3, 0.4) is 0 Å². The van der Waals surface area contributed by atoms with Gasteiger partial charge in [-0.25, -0.2) is 0 Å². The molecule has 4 heteroatoms. The number of rotatable bonds is 3. The minimum Gasteiger partial charge on any atom is -0.391 e. The molecule has 0 fully saturated rings. The van der Waals surface area contributed by atoms with Crippen LogP contribution >= 0.6 is 24.0 Å². The molecule has 0 aliphatic rings. The van der Waals surface area contributed by atoms with Gasteiger partial charge in [0.15, 0.2) is 0 Å². The van der Waals surface area contributed by atoms with Gasteiger partial charge in [0.05, 0.1) is 12.1 Å². The molecule has 0 aromatic heterocycles. The Balaban J connectivity index is 0.00000169. The smallest absolute Gasteiger partial charge is 0.0730 e. The van der Waals surface area contributed by atoms with E-state index in [9.17, 15) is 5.11 Å². The zero-order chi connectivity index (χ0) is 9.84. The van der Waals surface area contributed by atoms with Crippen LogP contribution in [0.2, 0.25) is 5.02 Å². The Bertz CT molecular complexity index is 281. The SMILES string of the molecule is CC[C@@H](O)[C@@H](N)c1cccc(Cl)c1.Cl. The molecule has 0 spiro atoms.